The van der Waals surface area contributed by atoms with Crippen LogP contribution < -0.4 is 5.32 Å². The smallest absolute Gasteiger partial charge is 0.163 e. The molecule has 4 rings (SSSR count). The van der Waals surface area contributed by atoms with Gasteiger partial charge in [-0.25, -0.2) is 9.98 Å². The van der Waals surface area contributed by atoms with E-state index >= 15 is 0 Å². The fraction of sp³-hybridized carbons (Fsp3) is 0.421. The van der Waals surface area contributed by atoms with Gasteiger partial charge in [-0.05, 0) is 36.4 Å². The van der Waals surface area contributed by atoms with E-state index in [4.69, 9.17) is 9.98 Å². The van der Waals surface area contributed by atoms with Gasteiger partial charge >= 0.3 is 0 Å². The van der Waals surface area contributed by atoms with Crippen LogP contribution in [0.1, 0.15) is 48.6 Å². The Hall–Kier alpha value is -2.01. The first-order valence-electron chi connectivity index (χ1n) is 8.69. The van der Waals surface area contributed by atoms with Crippen LogP contribution in [-0.2, 0) is 0 Å². The van der Waals surface area contributed by atoms with Gasteiger partial charge in [-0.3, -0.25) is 4.99 Å². The van der Waals surface area contributed by atoms with Crippen LogP contribution in [0.25, 0.3) is 0 Å². The molecule has 0 saturated heterocycles. The van der Waals surface area contributed by atoms with Crippen molar-refractivity contribution >= 4 is 28.7 Å². The zero-order valence-electron chi connectivity index (χ0n) is 13.9. The van der Waals surface area contributed by atoms with Gasteiger partial charge in [-0.2, -0.15) is 0 Å². The van der Waals surface area contributed by atoms with Crippen molar-refractivity contribution in [3.05, 3.63) is 46.3 Å². The zero-order valence-corrected chi connectivity index (χ0v) is 14.7. The molecule has 3 heterocycles. The first-order valence-corrected chi connectivity index (χ1v) is 9.57. The Labute approximate surface area is 146 Å². The second kappa shape index (κ2) is 6.85. The van der Waals surface area contributed by atoms with E-state index in [0.29, 0.717) is 5.92 Å². The third-order valence-electron chi connectivity index (χ3n) is 4.88. The summed E-state index contributed by atoms with van der Waals surface area (Å²) in [4.78, 5) is 15.8. The van der Waals surface area contributed by atoms with Crippen LogP contribution in [0.15, 0.2) is 45.8 Å². The fourth-order valence-electron chi connectivity index (χ4n) is 3.67. The Bertz CT molecular complexity index is 757. The lowest BCUT2D eigenvalue weighted by Crippen LogP contribution is -2.25. The van der Waals surface area contributed by atoms with Crippen molar-refractivity contribution < 1.29 is 0 Å². The summed E-state index contributed by atoms with van der Waals surface area (Å²) in [6, 6.07) is 8.30. The van der Waals surface area contributed by atoms with Gasteiger partial charge in [0.15, 0.2) is 5.82 Å². The maximum atomic E-state index is 5.23. The molecule has 1 N–H and O–H groups in total. The van der Waals surface area contributed by atoms with Crippen molar-refractivity contribution in [3.8, 4) is 0 Å². The summed E-state index contributed by atoms with van der Waals surface area (Å²) in [5, 5.41) is 5.36. The van der Waals surface area contributed by atoms with E-state index < -0.39 is 0 Å². The second-order valence-corrected chi connectivity index (χ2v) is 7.37. The summed E-state index contributed by atoms with van der Waals surface area (Å²) in [6.07, 6.45) is 8.19. The van der Waals surface area contributed by atoms with Gasteiger partial charge in [0.25, 0.3) is 0 Å². The number of pyridine rings is 1. The van der Waals surface area contributed by atoms with Crippen molar-refractivity contribution in [2.24, 2.45) is 15.9 Å². The van der Waals surface area contributed by atoms with Gasteiger partial charge in [0, 0.05) is 29.6 Å². The molecule has 1 aliphatic heterocycles. The predicted molar refractivity (Wildman–Crippen MR) is 101 cm³/mol. The Morgan fingerprint density at radius 1 is 1.12 bits per heavy atom. The van der Waals surface area contributed by atoms with E-state index in [9.17, 15) is 0 Å². The molecular weight excluding hydrogens is 316 g/mol. The van der Waals surface area contributed by atoms with Crippen LogP contribution in [-0.4, -0.2) is 23.6 Å². The Morgan fingerprint density at radius 2 is 2.00 bits per heavy atom. The van der Waals surface area contributed by atoms with E-state index in [1.807, 2.05) is 19.3 Å². The monoisotopic (exact) mass is 338 g/mol. The van der Waals surface area contributed by atoms with Gasteiger partial charge in [0.2, 0.25) is 0 Å². The molecule has 1 aliphatic carbocycles. The maximum Gasteiger partial charge on any atom is 0.163 e. The number of likely N-dealkylation sites (N-methyl/N-ethyl adjacent to an activating group) is 1. The molecule has 1 atom stereocenters. The Kier molecular flexibility index (Phi) is 4.43. The number of nitrogens with zero attached hydrogens (tertiary/aromatic N) is 3. The van der Waals surface area contributed by atoms with Crippen LogP contribution in [0.2, 0.25) is 0 Å². The quantitative estimate of drug-likeness (QED) is 0.875. The topological polar surface area (TPSA) is 49.6 Å². The summed E-state index contributed by atoms with van der Waals surface area (Å²) in [5.41, 5.74) is 2.31. The third kappa shape index (κ3) is 2.88. The Morgan fingerprint density at radius 3 is 2.75 bits per heavy atom. The lowest BCUT2D eigenvalue weighted by molar-refractivity contribution is 0.439. The van der Waals surface area contributed by atoms with Crippen LogP contribution in [0, 0.1) is 5.92 Å². The SMILES string of the molecule is CNC1=Nc2ncccc2C(C2CCCCC2)=NC1c1cccs1. The maximum absolute atomic E-state index is 5.23. The van der Waals surface area contributed by atoms with Crippen LogP contribution >= 0.6 is 11.3 Å². The predicted octanol–water partition coefficient (Wildman–Crippen LogP) is 4.52. The van der Waals surface area contributed by atoms with Crippen LogP contribution in [0.5, 0.6) is 0 Å². The van der Waals surface area contributed by atoms with Crippen molar-refractivity contribution in [1.82, 2.24) is 10.3 Å². The minimum absolute atomic E-state index is 0.0545. The number of thiophene rings is 1. The minimum Gasteiger partial charge on any atom is -0.374 e. The molecule has 1 fully saturated rings. The lowest BCUT2D eigenvalue weighted by atomic mass is 9.83. The molecule has 1 saturated carbocycles. The number of nitrogens with one attached hydrogen (secondary N) is 1. The molecule has 0 aromatic carbocycles. The number of hydrogen-bond donors (Lipinski definition) is 1. The molecule has 0 amide bonds. The van der Waals surface area contributed by atoms with E-state index in [-0.39, 0.29) is 6.04 Å². The number of amidine groups is 1. The highest BCUT2D eigenvalue weighted by atomic mass is 32.1. The van der Waals surface area contributed by atoms with Gasteiger partial charge < -0.3 is 5.32 Å². The Balaban J connectivity index is 1.86. The average Bonchev–Trinajstić information content (AvgIpc) is 3.11. The van der Waals surface area contributed by atoms with Crippen molar-refractivity contribution in [3.63, 3.8) is 0 Å². The molecule has 2 aromatic rings. The third-order valence-corrected chi connectivity index (χ3v) is 5.80. The van der Waals surface area contributed by atoms with Gasteiger partial charge in [0.05, 0.1) is 5.71 Å². The zero-order chi connectivity index (χ0) is 16.4. The summed E-state index contributed by atoms with van der Waals surface area (Å²) in [5.74, 6) is 2.20. The van der Waals surface area contributed by atoms with Crippen molar-refractivity contribution in [2.45, 2.75) is 38.1 Å². The molecule has 24 heavy (non-hydrogen) atoms. The molecule has 0 bridgehead atoms. The standard InChI is InChI=1S/C19H22N4S/c1-20-19-17(15-10-6-12-24-15)22-16(13-7-3-2-4-8-13)14-9-5-11-21-18(14)23-19/h5-6,9-13,17H,2-4,7-8H2,1H3,(H,20,21,23). The number of aromatic nitrogens is 1. The first-order chi connectivity index (χ1) is 11.9. The highest BCUT2D eigenvalue weighted by Gasteiger charge is 2.29. The van der Waals surface area contributed by atoms with E-state index in [0.717, 1.165) is 17.2 Å². The van der Waals surface area contributed by atoms with E-state index in [1.165, 1.54) is 42.7 Å². The fourth-order valence-corrected chi connectivity index (χ4v) is 4.43. The highest BCUT2D eigenvalue weighted by molar-refractivity contribution is 7.10. The summed E-state index contributed by atoms with van der Waals surface area (Å²) >= 11 is 1.74. The number of fused-ring (bicyclic) bond motifs is 1. The lowest BCUT2D eigenvalue weighted by Gasteiger charge is -2.24. The average molecular weight is 338 g/mol. The summed E-state index contributed by atoms with van der Waals surface area (Å²) < 4.78 is 0. The van der Waals surface area contributed by atoms with E-state index in [2.05, 4.69) is 33.9 Å². The number of hydrogen-bond acceptors (Lipinski definition) is 5. The summed E-state index contributed by atoms with van der Waals surface area (Å²) in [6.45, 7) is 0. The van der Waals surface area contributed by atoms with Crippen LogP contribution in [0.3, 0.4) is 0 Å². The number of rotatable bonds is 2. The molecule has 124 valence electrons. The van der Waals surface area contributed by atoms with E-state index in [1.54, 1.807) is 11.3 Å². The number of aliphatic imine (C=N–C) groups is 2. The molecular formula is C19H22N4S. The normalized spacial score (nSPS) is 21.5. The molecule has 2 aromatic heterocycles. The van der Waals surface area contributed by atoms with Crippen molar-refractivity contribution in [1.29, 1.82) is 0 Å². The molecule has 0 spiro atoms. The molecule has 1 unspecified atom stereocenters. The second-order valence-electron chi connectivity index (χ2n) is 6.39. The summed E-state index contributed by atoms with van der Waals surface area (Å²) in [7, 11) is 1.92. The van der Waals surface area contributed by atoms with Crippen molar-refractivity contribution in [2.75, 3.05) is 7.05 Å². The molecule has 5 heteroatoms. The molecule has 2 aliphatic rings. The molecule has 4 nitrogen and oxygen atoms in total. The van der Waals surface area contributed by atoms with Gasteiger partial charge in [-0.15, -0.1) is 11.3 Å². The highest BCUT2D eigenvalue weighted by Crippen LogP contribution is 2.35. The minimum atomic E-state index is -0.0545. The van der Waals surface area contributed by atoms with Gasteiger partial charge in [0.1, 0.15) is 11.9 Å². The first kappa shape index (κ1) is 15.5. The van der Waals surface area contributed by atoms with Crippen LogP contribution in [0.4, 0.5) is 5.82 Å². The largest absolute Gasteiger partial charge is 0.374 e. The molecule has 0 radical (unpaired) electrons. The van der Waals surface area contributed by atoms with Gasteiger partial charge in [-0.1, -0.05) is 25.3 Å².